The minimum absolute atomic E-state index is 0.0553. The molecule has 2 N–H and O–H groups in total. The fraction of sp³-hybridized carbons (Fsp3) is 0.286. The number of hydrogen-bond acceptors (Lipinski definition) is 4. The molecule has 0 spiro atoms. The summed E-state index contributed by atoms with van der Waals surface area (Å²) in [5.74, 6) is -1.10. The third-order valence-electron chi connectivity index (χ3n) is 4.86. The molecule has 29 heavy (non-hydrogen) atoms. The zero-order chi connectivity index (χ0) is 20.5. The van der Waals surface area contributed by atoms with Gasteiger partial charge in [0, 0.05) is 12.5 Å². The van der Waals surface area contributed by atoms with Gasteiger partial charge in [-0.05, 0) is 48.4 Å². The summed E-state index contributed by atoms with van der Waals surface area (Å²) in [5, 5.41) is 10.0. The quantitative estimate of drug-likeness (QED) is 0.706. The first-order chi connectivity index (χ1) is 13.9. The maximum absolute atomic E-state index is 14.8. The number of fused-ring (bicyclic) bond motifs is 1. The van der Waals surface area contributed by atoms with Gasteiger partial charge in [-0.3, -0.25) is 4.79 Å². The molecule has 1 amide bonds. The van der Waals surface area contributed by atoms with Crippen LogP contribution < -0.4 is 10.6 Å². The lowest BCUT2D eigenvalue weighted by Crippen LogP contribution is -2.25. The van der Waals surface area contributed by atoms with Gasteiger partial charge in [-0.2, -0.15) is 0 Å². The fourth-order valence-corrected chi connectivity index (χ4v) is 3.40. The summed E-state index contributed by atoms with van der Waals surface area (Å²) in [6.45, 7) is 5.11. The van der Waals surface area contributed by atoms with Gasteiger partial charge in [-0.1, -0.05) is 26.0 Å². The van der Waals surface area contributed by atoms with Crippen molar-refractivity contribution < 1.29 is 13.6 Å². The summed E-state index contributed by atoms with van der Waals surface area (Å²) in [6.07, 6.45) is 0.564. The molecule has 2 aromatic carbocycles. The Labute approximate surface area is 167 Å². The van der Waals surface area contributed by atoms with Crippen LogP contribution in [0.5, 0.6) is 0 Å². The average Bonchev–Trinajstić information content (AvgIpc) is 3.16. The molecule has 0 saturated heterocycles. The van der Waals surface area contributed by atoms with Gasteiger partial charge in [0.2, 0.25) is 5.82 Å². The predicted molar refractivity (Wildman–Crippen MR) is 105 cm³/mol. The number of hydrogen-bond donors (Lipinski definition) is 2. The van der Waals surface area contributed by atoms with E-state index in [1.165, 1.54) is 16.8 Å². The van der Waals surface area contributed by atoms with Crippen molar-refractivity contribution in [2.24, 2.45) is 0 Å². The molecule has 3 aromatic rings. The van der Waals surface area contributed by atoms with Gasteiger partial charge in [0.05, 0.1) is 11.4 Å². The average molecular weight is 397 g/mol. The van der Waals surface area contributed by atoms with Gasteiger partial charge in [0.15, 0.2) is 0 Å². The summed E-state index contributed by atoms with van der Waals surface area (Å²) in [7, 11) is 0. The van der Waals surface area contributed by atoms with Crippen molar-refractivity contribution in [3.8, 4) is 5.69 Å². The maximum atomic E-state index is 14.8. The van der Waals surface area contributed by atoms with Crippen molar-refractivity contribution in [3.05, 3.63) is 70.8 Å². The van der Waals surface area contributed by atoms with Gasteiger partial charge in [-0.15, -0.1) is 5.10 Å². The minimum Gasteiger partial charge on any atom is -0.317 e. The molecular weight excluding hydrogens is 376 g/mol. The first kappa shape index (κ1) is 19.2. The number of nitrogens with zero attached hydrogens (tertiary/aromatic N) is 3. The third kappa shape index (κ3) is 3.75. The maximum Gasteiger partial charge on any atom is 0.295 e. The Kier molecular flexibility index (Phi) is 5.10. The molecule has 0 bridgehead atoms. The van der Waals surface area contributed by atoms with Crippen molar-refractivity contribution in [3.63, 3.8) is 0 Å². The van der Waals surface area contributed by atoms with Crippen LogP contribution >= 0.6 is 0 Å². The molecule has 1 aromatic heterocycles. The van der Waals surface area contributed by atoms with Gasteiger partial charge in [0.1, 0.15) is 17.5 Å². The van der Waals surface area contributed by atoms with E-state index < -0.39 is 17.5 Å². The van der Waals surface area contributed by atoms with E-state index in [4.69, 9.17) is 0 Å². The zero-order valence-electron chi connectivity index (χ0n) is 16.2. The van der Waals surface area contributed by atoms with E-state index in [2.05, 4.69) is 20.7 Å². The molecule has 0 saturated carbocycles. The van der Waals surface area contributed by atoms with E-state index in [-0.39, 0.29) is 17.4 Å². The number of carbonyl (C=O) groups is 1. The van der Waals surface area contributed by atoms with E-state index in [0.29, 0.717) is 36.6 Å². The number of benzene rings is 2. The molecule has 0 fully saturated rings. The second-order valence-corrected chi connectivity index (χ2v) is 7.29. The molecule has 1 aliphatic heterocycles. The van der Waals surface area contributed by atoms with E-state index >= 15 is 0 Å². The van der Waals surface area contributed by atoms with Crippen LogP contribution in [0.1, 0.15) is 47.3 Å². The highest BCUT2D eigenvalue weighted by atomic mass is 19.1. The monoisotopic (exact) mass is 397 g/mol. The number of aromatic nitrogens is 3. The van der Waals surface area contributed by atoms with Crippen molar-refractivity contribution in [1.29, 1.82) is 0 Å². The summed E-state index contributed by atoms with van der Waals surface area (Å²) in [6, 6.07) is 9.25. The number of nitrogens with one attached hydrogen (secondary N) is 2. The molecule has 0 unspecified atom stereocenters. The molecule has 4 rings (SSSR count). The summed E-state index contributed by atoms with van der Waals surface area (Å²) in [5.41, 5.74) is 2.07. The Morgan fingerprint density at radius 1 is 1.24 bits per heavy atom. The van der Waals surface area contributed by atoms with Crippen LogP contribution in [0.15, 0.2) is 36.4 Å². The zero-order valence-corrected chi connectivity index (χ0v) is 16.2. The molecule has 1 aliphatic rings. The highest BCUT2D eigenvalue weighted by Gasteiger charge is 2.22. The van der Waals surface area contributed by atoms with Crippen molar-refractivity contribution in [1.82, 2.24) is 20.1 Å². The van der Waals surface area contributed by atoms with Crippen LogP contribution in [0.2, 0.25) is 0 Å². The molecule has 0 radical (unpaired) electrons. The molecule has 0 aliphatic carbocycles. The van der Waals surface area contributed by atoms with Crippen molar-refractivity contribution in [2.75, 3.05) is 11.9 Å². The van der Waals surface area contributed by atoms with Crippen LogP contribution in [0.3, 0.4) is 0 Å². The lowest BCUT2D eigenvalue weighted by molar-refractivity contribution is 0.101. The van der Waals surface area contributed by atoms with Crippen LogP contribution in [0, 0.1) is 11.6 Å². The second kappa shape index (κ2) is 7.71. The lowest BCUT2D eigenvalue weighted by Gasteiger charge is -2.19. The molecule has 2 heterocycles. The van der Waals surface area contributed by atoms with E-state index in [0.717, 1.165) is 5.56 Å². The van der Waals surface area contributed by atoms with Crippen LogP contribution in [-0.2, 0) is 13.0 Å². The SMILES string of the molecule is CC(C)c1nc(C(=O)Nc2ccc3c(c2F)CCNC3)nn1-c1cccc(F)c1. The number of amides is 1. The highest BCUT2D eigenvalue weighted by Crippen LogP contribution is 2.25. The molecule has 8 heteroatoms. The normalized spacial score (nSPS) is 13.4. The smallest absolute Gasteiger partial charge is 0.295 e. The number of carbonyl (C=O) groups excluding carboxylic acids is 1. The van der Waals surface area contributed by atoms with Crippen LogP contribution in [-0.4, -0.2) is 27.2 Å². The first-order valence-electron chi connectivity index (χ1n) is 9.49. The summed E-state index contributed by atoms with van der Waals surface area (Å²) in [4.78, 5) is 17.0. The molecule has 0 atom stereocenters. The van der Waals surface area contributed by atoms with Crippen molar-refractivity contribution >= 4 is 11.6 Å². The Balaban J connectivity index is 1.65. The molecule has 150 valence electrons. The number of anilines is 1. The second-order valence-electron chi connectivity index (χ2n) is 7.29. The highest BCUT2D eigenvalue weighted by molar-refractivity contribution is 6.01. The Bertz CT molecular complexity index is 1080. The summed E-state index contributed by atoms with van der Waals surface area (Å²) >= 11 is 0. The standard InChI is InChI=1S/C21H21F2N5O/c1-12(2)20-26-19(27-28(20)15-5-3-4-14(22)10-15)21(29)25-17-7-6-13-11-24-9-8-16(13)18(17)23/h3-7,10,12,24H,8-9,11H2,1-2H3,(H,25,29). The third-order valence-corrected chi connectivity index (χ3v) is 4.86. The molecular formula is C21H21F2N5O. The number of rotatable bonds is 4. The van der Waals surface area contributed by atoms with Gasteiger partial charge < -0.3 is 10.6 Å². The fourth-order valence-electron chi connectivity index (χ4n) is 3.40. The van der Waals surface area contributed by atoms with Gasteiger partial charge >= 0.3 is 0 Å². The minimum atomic E-state index is -0.616. The topological polar surface area (TPSA) is 71.8 Å². The largest absolute Gasteiger partial charge is 0.317 e. The number of halogens is 2. The van der Waals surface area contributed by atoms with Crippen LogP contribution in [0.25, 0.3) is 5.69 Å². The molecule has 6 nitrogen and oxygen atoms in total. The van der Waals surface area contributed by atoms with Gasteiger partial charge in [0.25, 0.3) is 5.91 Å². The Morgan fingerprint density at radius 3 is 2.83 bits per heavy atom. The summed E-state index contributed by atoms with van der Waals surface area (Å²) < 4.78 is 29.9. The van der Waals surface area contributed by atoms with Crippen molar-refractivity contribution in [2.45, 2.75) is 32.7 Å². The van der Waals surface area contributed by atoms with Gasteiger partial charge in [-0.25, -0.2) is 18.4 Å². The van der Waals surface area contributed by atoms with E-state index in [1.54, 1.807) is 24.3 Å². The lowest BCUT2D eigenvalue weighted by atomic mass is 9.99. The van der Waals surface area contributed by atoms with E-state index in [1.807, 2.05) is 13.8 Å². The Hall–Kier alpha value is -3.13. The first-order valence-corrected chi connectivity index (χ1v) is 9.49. The van der Waals surface area contributed by atoms with E-state index in [9.17, 15) is 13.6 Å². The predicted octanol–water partition coefficient (Wildman–Crippen LogP) is 3.57. The van der Waals surface area contributed by atoms with Crippen LogP contribution in [0.4, 0.5) is 14.5 Å². The Morgan fingerprint density at radius 2 is 2.07 bits per heavy atom.